The summed E-state index contributed by atoms with van der Waals surface area (Å²) in [6.45, 7) is 5.54. The van der Waals surface area contributed by atoms with Crippen molar-refractivity contribution in [3.05, 3.63) is 18.2 Å². The third-order valence-electron chi connectivity index (χ3n) is 4.01. The zero-order valence-corrected chi connectivity index (χ0v) is 13.7. The minimum atomic E-state index is -0.184. The molecule has 1 saturated heterocycles. The van der Waals surface area contributed by atoms with Crippen molar-refractivity contribution in [1.82, 2.24) is 5.32 Å². The summed E-state index contributed by atoms with van der Waals surface area (Å²) in [4.78, 5) is 11.3. The SMILES string of the molecule is CCC1CCCCN1.CCCCC(=O)Oc1cc2ccc1o2. The second-order valence-electron chi connectivity index (χ2n) is 5.84. The van der Waals surface area contributed by atoms with Crippen molar-refractivity contribution in [2.24, 2.45) is 0 Å². The molecule has 2 aromatic rings. The van der Waals surface area contributed by atoms with Gasteiger partial charge in [0.2, 0.25) is 0 Å². The fourth-order valence-corrected chi connectivity index (χ4v) is 2.61. The number of unbranched alkanes of at least 4 members (excludes halogenated alkanes) is 1. The lowest BCUT2D eigenvalue weighted by Gasteiger charge is -2.21. The van der Waals surface area contributed by atoms with Gasteiger partial charge in [0.25, 0.3) is 0 Å². The number of hydrogen-bond acceptors (Lipinski definition) is 4. The van der Waals surface area contributed by atoms with Gasteiger partial charge in [0, 0.05) is 18.5 Å². The summed E-state index contributed by atoms with van der Waals surface area (Å²) >= 11 is 0. The molecule has 0 saturated carbocycles. The lowest BCUT2D eigenvalue weighted by molar-refractivity contribution is -0.134. The number of hydrogen-bond donors (Lipinski definition) is 1. The second-order valence-corrected chi connectivity index (χ2v) is 5.84. The zero-order chi connectivity index (χ0) is 15.8. The van der Waals surface area contributed by atoms with Crippen molar-refractivity contribution in [3.8, 4) is 5.75 Å². The number of carbonyl (C=O) groups excluding carboxylic acids is 1. The second kappa shape index (κ2) is 8.79. The van der Waals surface area contributed by atoms with E-state index in [1.807, 2.05) is 13.0 Å². The minimum absolute atomic E-state index is 0.184. The largest absolute Gasteiger partial charge is 0.453 e. The van der Waals surface area contributed by atoms with E-state index in [9.17, 15) is 4.79 Å². The standard InChI is InChI=1S/C11H12O3.C7H15N/c1-2-3-4-11(12)14-10-7-8-5-6-9(10)13-8;1-2-7-5-3-4-6-8-7/h5-7H,2-4H2,1H3;7-8H,2-6H2,1H3. The Balaban J connectivity index is 0.000000188. The van der Waals surface area contributed by atoms with E-state index in [1.54, 1.807) is 12.1 Å². The number of esters is 1. The number of carbonyl (C=O) groups is 1. The van der Waals surface area contributed by atoms with Crippen LogP contribution in [0.2, 0.25) is 0 Å². The molecule has 1 fully saturated rings. The monoisotopic (exact) mass is 305 g/mol. The molecular formula is C18H27NO3. The molecule has 0 aromatic carbocycles. The Kier molecular flexibility index (Phi) is 6.72. The molecule has 0 radical (unpaired) electrons. The van der Waals surface area contributed by atoms with Crippen molar-refractivity contribution in [2.45, 2.75) is 64.8 Å². The molecule has 0 amide bonds. The highest BCUT2D eigenvalue weighted by Gasteiger charge is 2.11. The van der Waals surface area contributed by atoms with Crippen LogP contribution in [0.3, 0.4) is 0 Å². The van der Waals surface area contributed by atoms with E-state index in [1.165, 1.54) is 32.2 Å². The van der Waals surface area contributed by atoms with Crippen molar-refractivity contribution in [1.29, 1.82) is 0 Å². The van der Waals surface area contributed by atoms with Gasteiger partial charge in [-0.25, -0.2) is 0 Å². The van der Waals surface area contributed by atoms with Crippen LogP contribution in [0.4, 0.5) is 0 Å². The summed E-state index contributed by atoms with van der Waals surface area (Å²) in [5.41, 5.74) is 1.39. The van der Waals surface area contributed by atoms with Gasteiger partial charge in [0.15, 0.2) is 11.3 Å². The fraction of sp³-hybridized carbons (Fsp3) is 0.611. The highest BCUT2D eigenvalue weighted by molar-refractivity contribution is 5.78. The van der Waals surface area contributed by atoms with Gasteiger partial charge < -0.3 is 14.5 Å². The van der Waals surface area contributed by atoms with Crippen LogP contribution in [0, 0.1) is 0 Å². The number of nitrogens with one attached hydrogen (secondary N) is 1. The van der Waals surface area contributed by atoms with Crippen LogP contribution < -0.4 is 10.1 Å². The van der Waals surface area contributed by atoms with Gasteiger partial charge in [0.05, 0.1) is 0 Å². The lowest BCUT2D eigenvalue weighted by atomic mass is 10.0. The van der Waals surface area contributed by atoms with Crippen LogP contribution in [0.25, 0.3) is 11.2 Å². The van der Waals surface area contributed by atoms with E-state index in [-0.39, 0.29) is 5.97 Å². The van der Waals surface area contributed by atoms with Gasteiger partial charge in [-0.15, -0.1) is 0 Å². The number of rotatable bonds is 5. The lowest BCUT2D eigenvalue weighted by Crippen LogP contribution is -2.32. The predicted octanol–water partition coefficient (Wildman–Crippen LogP) is 4.50. The molecule has 3 heterocycles. The fourth-order valence-electron chi connectivity index (χ4n) is 2.61. The quantitative estimate of drug-likeness (QED) is 0.652. The topological polar surface area (TPSA) is 51.5 Å². The summed E-state index contributed by atoms with van der Waals surface area (Å²) in [5.74, 6) is 0.361. The van der Waals surface area contributed by atoms with Gasteiger partial charge in [0.1, 0.15) is 5.58 Å². The van der Waals surface area contributed by atoms with Crippen molar-refractivity contribution in [2.75, 3.05) is 6.54 Å². The Hall–Kier alpha value is -1.55. The number of fused-ring (bicyclic) bond motifs is 2. The van der Waals surface area contributed by atoms with Gasteiger partial charge in [-0.1, -0.05) is 26.7 Å². The maximum absolute atomic E-state index is 11.3. The maximum atomic E-state index is 11.3. The molecule has 0 aliphatic carbocycles. The van der Waals surface area contributed by atoms with Gasteiger partial charge >= 0.3 is 5.97 Å². The van der Waals surface area contributed by atoms with Crippen LogP contribution in [-0.4, -0.2) is 18.6 Å². The minimum Gasteiger partial charge on any atom is -0.453 e. The van der Waals surface area contributed by atoms with Crippen molar-refractivity contribution < 1.29 is 13.9 Å². The van der Waals surface area contributed by atoms with Crippen LogP contribution in [0.1, 0.15) is 58.8 Å². The molecule has 122 valence electrons. The zero-order valence-electron chi connectivity index (χ0n) is 13.7. The predicted molar refractivity (Wildman–Crippen MR) is 88.5 cm³/mol. The highest BCUT2D eigenvalue weighted by Crippen LogP contribution is 2.29. The number of furan rings is 2. The molecule has 0 spiro atoms. The Labute approximate surface area is 132 Å². The molecule has 2 aromatic heterocycles. The number of ether oxygens (including phenoxy) is 1. The molecule has 2 bridgehead atoms. The van der Waals surface area contributed by atoms with Gasteiger partial charge in [-0.3, -0.25) is 4.79 Å². The summed E-state index contributed by atoms with van der Waals surface area (Å²) in [5, 5.41) is 3.47. The molecule has 1 unspecified atom stereocenters. The van der Waals surface area contributed by atoms with E-state index >= 15 is 0 Å². The summed E-state index contributed by atoms with van der Waals surface area (Å²) < 4.78 is 10.4. The number of piperidine rings is 1. The molecule has 4 nitrogen and oxygen atoms in total. The summed E-state index contributed by atoms with van der Waals surface area (Å²) in [6.07, 6.45) is 7.87. The summed E-state index contributed by atoms with van der Waals surface area (Å²) in [7, 11) is 0. The molecule has 1 aliphatic rings. The molecule has 4 heteroatoms. The van der Waals surface area contributed by atoms with Crippen LogP contribution in [-0.2, 0) is 4.79 Å². The Bertz CT molecular complexity index is 543. The highest BCUT2D eigenvalue weighted by atomic mass is 16.5. The third-order valence-corrected chi connectivity index (χ3v) is 4.01. The first-order valence-corrected chi connectivity index (χ1v) is 8.49. The van der Waals surface area contributed by atoms with Crippen molar-refractivity contribution in [3.63, 3.8) is 0 Å². The number of benzene rings is 1. The molecule has 1 N–H and O–H groups in total. The normalized spacial score (nSPS) is 18.0. The average Bonchev–Trinajstić information content (AvgIpc) is 3.17. The third kappa shape index (κ3) is 5.02. The van der Waals surface area contributed by atoms with Crippen LogP contribution >= 0.6 is 0 Å². The van der Waals surface area contributed by atoms with E-state index in [2.05, 4.69) is 12.2 Å². The maximum Gasteiger partial charge on any atom is 0.311 e. The Morgan fingerprint density at radius 3 is 2.73 bits per heavy atom. The molecule has 3 rings (SSSR count). The Morgan fingerprint density at radius 2 is 2.23 bits per heavy atom. The van der Waals surface area contributed by atoms with E-state index in [0.717, 1.165) is 24.5 Å². The van der Waals surface area contributed by atoms with Crippen LogP contribution in [0.15, 0.2) is 22.6 Å². The van der Waals surface area contributed by atoms with E-state index in [4.69, 9.17) is 9.15 Å². The smallest absolute Gasteiger partial charge is 0.311 e. The first kappa shape index (κ1) is 16.8. The average molecular weight is 305 g/mol. The van der Waals surface area contributed by atoms with E-state index < -0.39 is 0 Å². The van der Waals surface area contributed by atoms with Crippen LogP contribution in [0.5, 0.6) is 5.75 Å². The molecular weight excluding hydrogens is 278 g/mol. The summed E-state index contributed by atoms with van der Waals surface area (Å²) in [6, 6.07) is 6.22. The van der Waals surface area contributed by atoms with Crippen molar-refractivity contribution >= 4 is 17.1 Å². The van der Waals surface area contributed by atoms with Gasteiger partial charge in [-0.2, -0.15) is 0 Å². The van der Waals surface area contributed by atoms with Gasteiger partial charge in [-0.05, 0) is 44.4 Å². The molecule has 22 heavy (non-hydrogen) atoms. The first-order valence-electron chi connectivity index (χ1n) is 8.49. The Morgan fingerprint density at radius 1 is 1.36 bits per heavy atom. The first-order chi connectivity index (χ1) is 10.7. The molecule has 1 aliphatic heterocycles. The molecule has 1 atom stereocenters. The van der Waals surface area contributed by atoms with E-state index in [0.29, 0.717) is 17.8 Å².